The molecule has 4 N–H and O–H groups in total. The maximum atomic E-state index is 14.5. The maximum absolute atomic E-state index is 14.5. The highest BCUT2D eigenvalue weighted by molar-refractivity contribution is 5.90. The van der Waals surface area contributed by atoms with Gasteiger partial charge in [-0.25, -0.2) is 9.18 Å². The number of hydrogen-bond donors (Lipinski definition) is 3. The van der Waals surface area contributed by atoms with Gasteiger partial charge in [0.05, 0.1) is 31.0 Å². The van der Waals surface area contributed by atoms with E-state index in [9.17, 15) is 14.0 Å². The topological polar surface area (TPSA) is 99.9 Å². The quantitative estimate of drug-likeness (QED) is 0.670. The zero-order chi connectivity index (χ0) is 17.8. The summed E-state index contributed by atoms with van der Waals surface area (Å²) >= 11 is 0. The Balaban J connectivity index is 1.66. The molecule has 0 radical (unpaired) electrons. The van der Waals surface area contributed by atoms with E-state index in [0.717, 1.165) is 26.2 Å². The summed E-state index contributed by atoms with van der Waals surface area (Å²) in [5.74, 6) is -0.687. The van der Waals surface area contributed by atoms with Gasteiger partial charge in [0.2, 0.25) is 5.91 Å². The number of hydrogen-bond acceptors (Lipinski definition) is 6. The predicted octanol–water partition coefficient (Wildman–Crippen LogP) is -0.365. The highest BCUT2D eigenvalue weighted by atomic mass is 19.1. The van der Waals surface area contributed by atoms with Crippen LogP contribution in [0, 0.1) is 5.82 Å². The third-order valence-corrected chi connectivity index (χ3v) is 4.29. The smallest absolute Gasteiger partial charge is 0.414 e. The molecular weight excluding hydrogens is 329 g/mol. The van der Waals surface area contributed by atoms with Gasteiger partial charge in [-0.15, -0.1) is 0 Å². The second-order valence-corrected chi connectivity index (χ2v) is 6.00. The zero-order valence-electron chi connectivity index (χ0n) is 13.8. The van der Waals surface area contributed by atoms with Crippen molar-refractivity contribution in [3.8, 4) is 0 Å². The molecule has 2 amide bonds. The fraction of sp³-hybridized carbons (Fsp3) is 0.500. The second-order valence-electron chi connectivity index (χ2n) is 6.00. The van der Waals surface area contributed by atoms with Gasteiger partial charge < -0.3 is 26.0 Å². The molecular formula is C16H22FN5O3. The van der Waals surface area contributed by atoms with Gasteiger partial charge in [0.25, 0.3) is 0 Å². The molecule has 136 valence electrons. The summed E-state index contributed by atoms with van der Waals surface area (Å²) in [6.07, 6.45) is -1.04. The van der Waals surface area contributed by atoms with Crippen molar-refractivity contribution in [3.05, 3.63) is 24.0 Å². The highest BCUT2D eigenvalue weighted by Crippen LogP contribution is 2.28. The van der Waals surface area contributed by atoms with E-state index < -0.39 is 12.2 Å². The molecule has 3 rings (SSSR count). The zero-order valence-corrected chi connectivity index (χ0v) is 13.8. The number of nitrogens with two attached hydrogens (primary N) is 1. The molecule has 9 heteroatoms. The summed E-state index contributed by atoms with van der Waals surface area (Å²) in [5, 5.41) is 5.80. The number of amides is 2. The molecule has 2 heterocycles. The first-order chi connectivity index (χ1) is 12.1. The van der Waals surface area contributed by atoms with Gasteiger partial charge in [-0.1, -0.05) is 0 Å². The number of rotatable bonds is 5. The number of nitrogens with one attached hydrogen (secondary N) is 2. The number of carbonyl (C=O) groups is 2. The molecule has 2 aliphatic heterocycles. The van der Waals surface area contributed by atoms with E-state index in [1.807, 2.05) is 4.90 Å². The van der Waals surface area contributed by atoms with Crippen molar-refractivity contribution in [3.63, 3.8) is 0 Å². The lowest BCUT2D eigenvalue weighted by Crippen LogP contribution is -2.43. The van der Waals surface area contributed by atoms with Crippen LogP contribution in [-0.2, 0) is 9.53 Å². The molecule has 8 nitrogen and oxygen atoms in total. The molecule has 0 aromatic heterocycles. The predicted molar refractivity (Wildman–Crippen MR) is 91.2 cm³/mol. The normalized spacial score (nSPS) is 20.6. The van der Waals surface area contributed by atoms with Crippen LogP contribution in [-0.4, -0.2) is 63.9 Å². The van der Waals surface area contributed by atoms with Crippen LogP contribution in [0.1, 0.15) is 0 Å². The van der Waals surface area contributed by atoms with Crippen molar-refractivity contribution < 1.29 is 18.7 Å². The minimum Gasteiger partial charge on any atom is -0.442 e. The van der Waals surface area contributed by atoms with Gasteiger partial charge in [-0.3, -0.25) is 9.69 Å². The minimum absolute atomic E-state index is 0.122. The van der Waals surface area contributed by atoms with Crippen LogP contribution in [0.15, 0.2) is 18.2 Å². The fourth-order valence-electron chi connectivity index (χ4n) is 2.96. The van der Waals surface area contributed by atoms with Crippen LogP contribution in [0.3, 0.4) is 0 Å². The second kappa shape index (κ2) is 7.66. The molecule has 1 unspecified atom stereocenters. The first-order valence-corrected chi connectivity index (χ1v) is 8.28. The molecule has 2 aliphatic rings. The van der Waals surface area contributed by atoms with Crippen molar-refractivity contribution in [2.24, 2.45) is 5.73 Å². The molecule has 1 atom stereocenters. The summed E-state index contributed by atoms with van der Waals surface area (Å²) in [5.41, 5.74) is 6.19. The number of benzene rings is 1. The standard InChI is InChI=1S/C16H22FN5O3/c17-13-7-11(1-2-14(13)21-5-3-19-4-6-21)22-10-12(25-16(22)24)9-20-15(23)8-18/h1-2,7,12,19H,3-6,8-10,18H2,(H,20,23). The third kappa shape index (κ3) is 3.99. The van der Waals surface area contributed by atoms with Crippen molar-refractivity contribution in [1.82, 2.24) is 10.6 Å². The van der Waals surface area contributed by atoms with Crippen molar-refractivity contribution in [2.45, 2.75) is 6.10 Å². The molecule has 0 aliphatic carbocycles. The summed E-state index contributed by atoms with van der Waals surface area (Å²) in [4.78, 5) is 26.5. The van der Waals surface area contributed by atoms with Crippen LogP contribution in [0.5, 0.6) is 0 Å². The van der Waals surface area contributed by atoms with Crippen LogP contribution in [0.2, 0.25) is 0 Å². The SMILES string of the molecule is NCC(=O)NCC1CN(c2ccc(N3CCNCC3)c(F)c2)C(=O)O1. The first kappa shape index (κ1) is 17.4. The van der Waals surface area contributed by atoms with Crippen LogP contribution in [0.4, 0.5) is 20.6 Å². The van der Waals surface area contributed by atoms with Gasteiger partial charge in [-0.05, 0) is 18.2 Å². The van der Waals surface area contributed by atoms with E-state index in [1.165, 1.54) is 11.0 Å². The minimum atomic E-state index is -0.554. The molecule has 1 aromatic carbocycles. The monoisotopic (exact) mass is 351 g/mol. The molecule has 0 spiro atoms. The number of ether oxygens (including phenoxy) is 1. The van der Waals surface area contributed by atoms with Gasteiger partial charge in [0, 0.05) is 26.2 Å². The van der Waals surface area contributed by atoms with E-state index in [1.54, 1.807) is 12.1 Å². The van der Waals surface area contributed by atoms with Crippen molar-refractivity contribution in [1.29, 1.82) is 0 Å². The number of cyclic esters (lactones) is 1. The third-order valence-electron chi connectivity index (χ3n) is 4.29. The van der Waals surface area contributed by atoms with Crippen LogP contribution in [0.25, 0.3) is 0 Å². The Labute approximate surface area is 145 Å². The van der Waals surface area contributed by atoms with Crippen LogP contribution < -0.4 is 26.2 Å². The summed E-state index contributed by atoms with van der Waals surface area (Å²) in [7, 11) is 0. The summed E-state index contributed by atoms with van der Waals surface area (Å²) < 4.78 is 19.7. The Kier molecular flexibility index (Phi) is 5.34. The van der Waals surface area contributed by atoms with Gasteiger partial charge >= 0.3 is 6.09 Å². The van der Waals surface area contributed by atoms with Crippen LogP contribution >= 0.6 is 0 Å². The van der Waals surface area contributed by atoms with Crippen molar-refractivity contribution in [2.75, 3.05) is 55.6 Å². The molecule has 2 fully saturated rings. The lowest BCUT2D eigenvalue weighted by molar-refractivity contribution is -0.120. The molecule has 0 saturated carbocycles. The Morgan fingerprint density at radius 1 is 1.40 bits per heavy atom. The van der Waals surface area contributed by atoms with E-state index in [2.05, 4.69) is 10.6 Å². The fourth-order valence-corrected chi connectivity index (χ4v) is 2.96. The number of anilines is 2. The lowest BCUT2D eigenvalue weighted by atomic mass is 10.2. The number of nitrogens with zero attached hydrogens (tertiary/aromatic N) is 2. The molecule has 0 bridgehead atoms. The van der Waals surface area contributed by atoms with Crippen molar-refractivity contribution >= 4 is 23.4 Å². The van der Waals surface area contributed by atoms with E-state index in [-0.39, 0.29) is 31.4 Å². The average Bonchev–Trinajstić information content (AvgIpc) is 3.01. The summed E-state index contributed by atoms with van der Waals surface area (Å²) in [6.45, 7) is 3.42. The Bertz CT molecular complexity index is 651. The van der Waals surface area contributed by atoms with E-state index in [0.29, 0.717) is 11.4 Å². The largest absolute Gasteiger partial charge is 0.442 e. The molecule has 1 aromatic rings. The average molecular weight is 351 g/mol. The lowest BCUT2D eigenvalue weighted by Gasteiger charge is -2.30. The Morgan fingerprint density at radius 2 is 2.16 bits per heavy atom. The van der Waals surface area contributed by atoms with E-state index >= 15 is 0 Å². The first-order valence-electron chi connectivity index (χ1n) is 8.28. The van der Waals surface area contributed by atoms with E-state index in [4.69, 9.17) is 10.5 Å². The Hall–Kier alpha value is -2.39. The van der Waals surface area contributed by atoms with Gasteiger partial charge in [0.1, 0.15) is 11.9 Å². The Morgan fingerprint density at radius 3 is 2.84 bits per heavy atom. The summed E-state index contributed by atoms with van der Waals surface area (Å²) in [6, 6.07) is 4.74. The maximum Gasteiger partial charge on any atom is 0.414 e. The van der Waals surface area contributed by atoms with Gasteiger partial charge in [-0.2, -0.15) is 0 Å². The number of piperazine rings is 1. The highest BCUT2D eigenvalue weighted by Gasteiger charge is 2.33. The number of carbonyl (C=O) groups excluding carboxylic acids is 2. The molecule has 25 heavy (non-hydrogen) atoms. The van der Waals surface area contributed by atoms with Gasteiger partial charge in [0.15, 0.2) is 0 Å². The number of halogens is 1. The molecule has 2 saturated heterocycles.